The zero-order valence-electron chi connectivity index (χ0n) is 28.1. The Morgan fingerprint density at radius 2 is 0.780 bits per heavy atom. The smallest absolute Gasteiger partial charge is 0.305 e. The van der Waals surface area contributed by atoms with Gasteiger partial charge in [0.2, 0.25) is 0 Å². The number of carbonyl (C=O) groups is 2. The largest absolute Gasteiger partial charge is 0.466 e. The molecule has 0 amide bonds. The highest BCUT2D eigenvalue weighted by Gasteiger charge is 2.10. The number of carbonyl (C=O) groups excluding carboxylic acids is 2. The summed E-state index contributed by atoms with van der Waals surface area (Å²) in [5.41, 5.74) is 0. The SMILES string of the molecule is CCCCCCCCOC(=O)CCCCCCCCCCCCCCC(CC)CCC(=O)OCCCCCCCC. The monoisotopic (exact) mass is 581 g/mol. The maximum absolute atomic E-state index is 12.0. The van der Waals surface area contributed by atoms with Gasteiger partial charge in [0.05, 0.1) is 13.2 Å². The second kappa shape index (κ2) is 33.4. The molecule has 4 nitrogen and oxygen atoms in total. The van der Waals surface area contributed by atoms with Gasteiger partial charge < -0.3 is 9.47 Å². The minimum Gasteiger partial charge on any atom is -0.466 e. The Labute approximate surface area is 256 Å². The van der Waals surface area contributed by atoms with Crippen LogP contribution in [0, 0.1) is 5.92 Å². The first kappa shape index (κ1) is 39.9. The molecule has 0 rings (SSSR count). The Morgan fingerprint density at radius 1 is 0.415 bits per heavy atom. The summed E-state index contributed by atoms with van der Waals surface area (Å²) in [5.74, 6) is 0.686. The predicted molar refractivity (Wildman–Crippen MR) is 176 cm³/mol. The first-order valence-electron chi connectivity index (χ1n) is 18.4. The summed E-state index contributed by atoms with van der Waals surface area (Å²) in [6.45, 7) is 7.95. The second-order valence-corrected chi connectivity index (χ2v) is 12.6. The average molecular weight is 581 g/mol. The van der Waals surface area contributed by atoms with Crippen molar-refractivity contribution in [3.63, 3.8) is 0 Å². The molecule has 0 saturated heterocycles. The van der Waals surface area contributed by atoms with Crippen LogP contribution in [-0.4, -0.2) is 25.2 Å². The van der Waals surface area contributed by atoms with Gasteiger partial charge in [-0.3, -0.25) is 9.59 Å². The second-order valence-electron chi connectivity index (χ2n) is 12.6. The lowest BCUT2D eigenvalue weighted by molar-refractivity contribution is -0.145. The van der Waals surface area contributed by atoms with E-state index in [4.69, 9.17) is 9.47 Å². The summed E-state index contributed by atoms with van der Waals surface area (Å²) in [6.07, 6.45) is 34.9. The normalized spacial score (nSPS) is 12.0. The molecule has 0 aromatic heterocycles. The number of unbranched alkanes of at least 4 members (excludes halogenated alkanes) is 21. The minimum absolute atomic E-state index is 0.00237. The fourth-order valence-corrected chi connectivity index (χ4v) is 5.63. The third kappa shape index (κ3) is 31.7. The molecule has 0 fully saturated rings. The van der Waals surface area contributed by atoms with Crippen molar-refractivity contribution in [1.82, 2.24) is 0 Å². The Bertz CT molecular complexity index is 547. The zero-order chi connectivity index (χ0) is 30.1. The lowest BCUT2D eigenvalue weighted by Crippen LogP contribution is -2.09. The maximum Gasteiger partial charge on any atom is 0.305 e. The van der Waals surface area contributed by atoms with Gasteiger partial charge in [-0.25, -0.2) is 0 Å². The molecule has 0 heterocycles. The van der Waals surface area contributed by atoms with Crippen LogP contribution < -0.4 is 0 Å². The van der Waals surface area contributed by atoms with Crippen LogP contribution in [0.15, 0.2) is 0 Å². The molecule has 0 aliphatic heterocycles. The first-order valence-corrected chi connectivity index (χ1v) is 18.4. The number of rotatable bonds is 33. The van der Waals surface area contributed by atoms with Crippen molar-refractivity contribution >= 4 is 11.9 Å². The van der Waals surface area contributed by atoms with Crippen LogP contribution in [0.5, 0.6) is 0 Å². The number of hydrogen-bond donors (Lipinski definition) is 0. The van der Waals surface area contributed by atoms with Gasteiger partial charge in [0.15, 0.2) is 0 Å². The van der Waals surface area contributed by atoms with E-state index >= 15 is 0 Å². The molecule has 4 heteroatoms. The maximum atomic E-state index is 12.0. The van der Waals surface area contributed by atoms with Gasteiger partial charge in [-0.2, -0.15) is 0 Å². The molecule has 0 aliphatic rings. The fourth-order valence-electron chi connectivity index (χ4n) is 5.63. The predicted octanol–water partition coefficient (Wildman–Crippen LogP) is 12.1. The van der Waals surface area contributed by atoms with Gasteiger partial charge >= 0.3 is 11.9 Å². The van der Waals surface area contributed by atoms with E-state index in [0.29, 0.717) is 32.0 Å². The van der Waals surface area contributed by atoms with Gasteiger partial charge in [-0.1, -0.05) is 168 Å². The third-order valence-corrected chi connectivity index (χ3v) is 8.60. The van der Waals surface area contributed by atoms with Crippen LogP contribution in [0.4, 0.5) is 0 Å². The van der Waals surface area contributed by atoms with E-state index in [9.17, 15) is 9.59 Å². The van der Waals surface area contributed by atoms with Crippen LogP contribution in [0.1, 0.15) is 207 Å². The van der Waals surface area contributed by atoms with Crippen molar-refractivity contribution in [2.75, 3.05) is 13.2 Å². The van der Waals surface area contributed by atoms with E-state index in [1.54, 1.807) is 0 Å². The van der Waals surface area contributed by atoms with Gasteiger partial charge in [0, 0.05) is 12.8 Å². The molecular formula is C37H72O4. The lowest BCUT2D eigenvalue weighted by Gasteiger charge is -2.14. The Kier molecular flexibility index (Phi) is 32.6. The van der Waals surface area contributed by atoms with Crippen molar-refractivity contribution < 1.29 is 19.1 Å². The summed E-state index contributed by atoms with van der Waals surface area (Å²) < 4.78 is 10.8. The first-order chi connectivity index (χ1) is 20.1. The van der Waals surface area contributed by atoms with E-state index in [1.807, 2.05) is 0 Å². The molecule has 0 N–H and O–H groups in total. The molecule has 0 radical (unpaired) electrons. The Hall–Kier alpha value is -1.06. The topological polar surface area (TPSA) is 52.6 Å². The van der Waals surface area contributed by atoms with Crippen LogP contribution in [0.3, 0.4) is 0 Å². The van der Waals surface area contributed by atoms with Crippen molar-refractivity contribution in [3.05, 3.63) is 0 Å². The van der Waals surface area contributed by atoms with Crippen molar-refractivity contribution in [1.29, 1.82) is 0 Å². The van der Waals surface area contributed by atoms with Gasteiger partial charge in [0.25, 0.3) is 0 Å². The minimum atomic E-state index is 0.00237. The van der Waals surface area contributed by atoms with Crippen molar-refractivity contribution in [2.45, 2.75) is 207 Å². The van der Waals surface area contributed by atoms with E-state index in [0.717, 1.165) is 32.1 Å². The standard InChI is InChI=1S/C37H72O4/c1-4-7-9-11-23-27-33-40-36(38)30-26-22-20-18-16-14-13-15-17-19-21-25-29-35(6-3)31-32-37(39)41-34-28-24-12-10-8-5-2/h35H,4-34H2,1-3H3. The number of hydrogen-bond acceptors (Lipinski definition) is 4. The molecule has 0 bridgehead atoms. The quantitative estimate of drug-likeness (QED) is 0.0572. The summed E-state index contributed by atoms with van der Waals surface area (Å²) >= 11 is 0. The highest BCUT2D eigenvalue weighted by Crippen LogP contribution is 2.21. The molecule has 244 valence electrons. The molecule has 0 aromatic rings. The highest BCUT2D eigenvalue weighted by molar-refractivity contribution is 5.69. The van der Waals surface area contributed by atoms with Crippen LogP contribution in [0.25, 0.3) is 0 Å². The molecule has 1 atom stereocenters. The molecule has 1 unspecified atom stereocenters. The Balaban J connectivity index is 3.39. The van der Waals surface area contributed by atoms with E-state index in [-0.39, 0.29) is 11.9 Å². The molecule has 0 saturated carbocycles. The summed E-state index contributed by atoms with van der Waals surface area (Å²) in [4.78, 5) is 23.9. The molecule has 0 aromatic carbocycles. The molecular weight excluding hydrogens is 508 g/mol. The van der Waals surface area contributed by atoms with Gasteiger partial charge in [0.1, 0.15) is 0 Å². The van der Waals surface area contributed by atoms with Crippen molar-refractivity contribution in [2.24, 2.45) is 5.92 Å². The third-order valence-electron chi connectivity index (χ3n) is 8.60. The number of esters is 2. The molecule has 0 spiro atoms. The molecule has 0 aliphatic carbocycles. The summed E-state index contributed by atoms with van der Waals surface area (Å²) in [7, 11) is 0. The van der Waals surface area contributed by atoms with E-state index < -0.39 is 0 Å². The molecule has 41 heavy (non-hydrogen) atoms. The van der Waals surface area contributed by atoms with Gasteiger partial charge in [-0.05, 0) is 31.6 Å². The fraction of sp³-hybridized carbons (Fsp3) is 0.946. The Morgan fingerprint density at radius 3 is 1.22 bits per heavy atom. The highest BCUT2D eigenvalue weighted by atomic mass is 16.5. The summed E-state index contributed by atoms with van der Waals surface area (Å²) in [5, 5.41) is 0. The number of ether oxygens (including phenoxy) is 2. The van der Waals surface area contributed by atoms with Crippen LogP contribution in [0.2, 0.25) is 0 Å². The van der Waals surface area contributed by atoms with E-state index in [2.05, 4.69) is 20.8 Å². The zero-order valence-corrected chi connectivity index (χ0v) is 28.1. The van der Waals surface area contributed by atoms with Gasteiger partial charge in [-0.15, -0.1) is 0 Å². The van der Waals surface area contributed by atoms with Crippen LogP contribution in [-0.2, 0) is 19.1 Å². The van der Waals surface area contributed by atoms with Crippen LogP contribution >= 0.6 is 0 Å². The average Bonchev–Trinajstić information content (AvgIpc) is 2.97. The lowest BCUT2D eigenvalue weighted by atomic mass is 9.93. The van der Waals surface area contributed by atoms with Crippen molar-refractivity contribution in [3.8, 4) is 0 Å². The summed E-state index contributed by atoms with van der Waals surface area (Å²) in [6, 6.07) is 0. The van der Waals surface area contributed by atoms with E-state index in [1.165, 1.54) is 141 Å².